The molecule has 2 N–H and O–H groups in total. The number of nitrogens with zero attached hydrogens (tertiary/aromatic N) is 2. The van der Waals surface area contributed by atoms with Gasteiger partial charge in [0.05, 0.1) is 11.0 Å². The summed E-state index contributed by atoms with van der Waals surface area (Å²) in [6.45, 7) is 3.22. The Bertz CT molecular complexity index is 955. The standard InChI is InChI=1S/C19H20BrClN4OS/c1-2-3-18-23-24-19(27)25(18)22-11-14-6-9-17(16(20)10-14)26-12-13-4-7-15(21)8-5-13/h4-10,22H,2-3,11-12H2,1H3,(H,24,27). The van der Waals surface area contributed by atoms with Gasteiger partial charge in [-0.25, -0.2) is 4.68 Å². The van der Waals surface area contributed by atoms with Crippen molar-refractivity contribution in [3.63, 3.8) is 0 Å². The lowest BCUT2D eigenvalue weighted by molar-refractivity contribution is 0.304. The zero-order valence-corrected chi connectivity index (χ0v) is 18.0. The summed E-state index contributed by atoms with van der Waals surface area (Å²) in [5, 5.41) is 7.80. The number of aryl methyl sites for hydroxylation is 1. The van der Waals surface area contributed by atoms with Crippen molar-refractivity contribution in [2.24, 2.45) is 0 Å². The van der Waals surface area contributed by atoms with Crippen LogP contribution >= 0.6 is 39.7 Å². The number of aromatic nitrogens is 3. The maximum Gasteiger partial charge on any atom is 0.214 e. The van der Waals surface area contributed by atoms with E-state index in [4.69, 9.17) is 28.6 Å². The summed E-state index contributed by atoms with van der Waals surface area (Å²) >= 11 is 14.8. The number of H-pyrrole nitrogens is 1. The van der Waals surface area contributed by atoms with Gasteiger partial charge in [0, 0.05) is 11.4 Å². The van der Waals surface area contributed by atoms with Crippen molar-refractivity contribution < 1.29 is 4.74 Å². The molecule has 0 unspecified atom stereocenters. The molecule has 2 aromatic carbocycles. The molecular formula is C19H20BrClN4OS. The summed E-state index contributed by atoms with van der Waals surface area (Å²) in [5.74, 6) is 1.70. The number of halogens is 2. The van der Waals surface area contributed by atoms with Gasteiger partial charge < -0.3 is 10.2 Å². The Labute approximate surface area is 176 Å². The lowest BCUT2D eigenvalue weighted by Gasteiger charge is -2.12. The van der Waals surface area contributed by atoms with Gasteiger partial charge in [0.15, 0.2) is 5.82 Å². The van der Waals surface area contributed by atoms with Crippen LogP contribution in [0.1, 0.15) is 30.3 Å². The molecule has 0 atom stereocenters. The van der Waals surface area contributed by atoms with Gasteiger partial charge in [-0.3, -0.25) is 5.10 Å². The Morgan fingerprint density at radius 3 is 2.67 bits per heavy atom. The Hall–Kier alpha value is -1.83. The Balaban J connectivity index is 1.62. The summed E-state index contributed by atoms with van der Waals surface area (Å²) in [4.78, 5) is 0. The monoisotopic (exact) mass is 466 g/mol. The molecule has 3 rings (SSSR count). The van der Waals surface area contributed by atoms with Crippen LogP contribution in [-0.4, -0.2) is 14.9 Å². The van der Waals surface area contributed by atoms with Crippen molar-refractivity contribution in [1.82, 2.24) is 14.9 Å². The number of rotatable bonds is 8. The molecule has 3 aromatic rings. The molecule has 1 aromatic heterocycles. The van der Waals surface area contributed by atoms with E-state index in [1.807, 2.05) is 47.1 Å². The van der Waals surface area contributed by atoms with Crippen molar-refractivity contribution in [2.75, 3.05) is 5.43 Å². The van der Waals surface area contributed by atoms with Gasteiger partial charge in [-0.1, -0.05) is 36.7 Å². The molecule has 0 amide bonds. The van der Waals surface area contributed by atoms with Crippen LogP contribution in [0.4, 0.5) is 0 Å². The average molecular weight is 468 g/mol. The molecule has 5 nitrogen and oxygen atoms in total. The van der Waals surface area contributed by atoms with Gasteiger partial charge in [-0.05, 0) is 70.0 Å². The zero-order chi connectivity index (χ0) is 19.2. The minimum atomic E-state index is 0.484. The van der Waals surface area contributed by atoms with Gasteiger partial charge in [-0.15, -0.1) is 0 Å². The fourth-order valence-corrected chi connectivity index (χ4v) is 3.45. The lowest BCUT2D eigenvalue weighted by Crippen LogP contribution is -2.17. The van der Waals surface area contributed by atoms with Crippen LogP contribution in [0.15, 0.2) is 46.9 Å². The van der Waals surface area contributed by atoms with Crippen LogP contribution < -0.4 is 10.2 Å². The summed E-state index contributed by atoms with van der Waals surface area (Å²) in [7, 11) is 0. The van der Waals surface area contributed by atoms with Crippen LogP contribution in [-0.2, 0) is 19.6 Å². The van der Waals surface area contributed by atoms with Crippen molar-refractivity contribution in [3.8, 4) is 5.75 Å². The third-order valence-corrected chi connectivity index (χ3v) is 5.11. The largest absolute Gasteiger partial charge is 0.488 e. The van der Waals surface area contributed by atoms with Crippen LogP contribution in [0, 0.1) is 4.77 Å². The third kappa shape index (κ3) is 5.34. The fourth-order valence-electron chi connectivity index (χ4n) is 2.57. The third-order valence-electron chi connectivity index (χ3n) is 3.96. The van der Waals surface area contributed by atoms with Gasteiger partial charge in [0.25, 0.3) is 0 Å². The van der Waals surface area contributed by atoms with E-state index in [1.165, 1.54) is 0 Å². The SMILES string of the molecule is CCCc1n[nH]c(=S)n1NCc1ccc(OCc2ccc(Cl)cc2)c(Br)c1. The predicted octanol–water partition coefficient (Wildman–Crippen LogP) is 5.63. The first-order valence-corrected chi connectivity index (χ1v) is 10.2. The highest BCUT2D eigenvalue weighted by atomic mass is 79.9. The highest BCUT2D eigenvalue weighted by Crippen LogP contribution is 2.27. The highest BCUT2D eigenvalue weighted by molar-refractivity contribution is 9.10. The van der Waals surface area contributed by atoms with Gasteiger partial charge in [0.2, 0.25) is 4.77 Å². The summed E-state index contributed by atoms with van der Waals surface area (Å²) in [5.41, 5.74) is 5.48. The van der Waals surface area contributed by atoms with Crippen LogP contribution in [0.5, 0.6) is 5.75 Å². The minimum Gasteiger partial charge on any atom is -0.488 e. The molecule has 27 heavy (non-hydrogen) atoms. The number of benzene rings is 2. The minimum absolute atomic E-state index is 0.484. The number of hydrogen-bond donors (Lipinski definition) is 2. The summed E-state index contributed by atoms with van der Waals surface area (Å²) < 4.78 is 9.19. The zero-order valence-electron chi connectivity index (χ0n) is 14.8. The summed E-state index contributed by atoms with van der Waals surface area (Å²) in [6.07, 6.45) is 1.87. The average Bonchev–Trinajstić information content (AvgIpc) is 3.00. The second kappa shape index (κ2) is 9.39. The quantitative estimate of drug-likeness (QED) is 0.421. The van der Waals surface area contributed by atoms with Crippen molar-refractivity contribution in [3.05, 3.63) is 73.7 Å². The molecule has 0 fully saturated rings. The van der Waals surface area contributed by atoms with Gasteiger partial charge in [-0.2, -0.15) is 5.10 Å². The van der Waals surface area contributed by atoms with E-state index in [0.717, 1.165) is 45.0 Å². The Morgan fingerprint density at radius 1 is 1.22 bits per heavy atom. The Morgan fingerprint density at radius 2 is 1.96 bits per heavy atom. The molecule has 142 valence electrons. The topological polar surface area (TPSA) is 54.9 Å². The second-order valence-corrected chi connectivity index (χ2v) is 7.72. The number of nitrogens with one attached hydrogen (secondary N) is 2. The first kappa shape index (κ1) is 19.9. The molecule has 0 aliphatic carbocycles. The molecule has 0 bridgehead atoms. The lowest BCUT2D eigenvalue weighted by atomic mass is 10.2. The van der Waals surface area contributed by atoms with E-state index in [1.54, 1.807) is 0 Å². The number of ether oxygens (including phenoxy) is 1. The van der Waals surface area contributed by atoms with E-state index < -0.39 is 0 Å². The Kier molecular flexibility index (Phi) is 6.93. The molecule has 0 saturated carbocycles. The van der Waals surface area contributed by atoms with E-state index in [-0.39, 0.29) is 0 Å². The van der Waals surface area contributed by atoms with E-state index in [2.05, 4.69) is 38.5 Å². The van der Waals surface area contributed by atoms with Gasteiger partial charge in [0.1, 0.15) is 12.4 Å². The maximum atomic E-state index is 5.91. The molecule has 8 heteroatoms. The molecule has 0 spiro atoms. The maximum absolute atomic E-state index is 5.91. The normalized spacial score (nSPS) is 10.8. The first-order chi connectivity index (χ1) is 13.1. The highest BCUT2D eigenvalue weighted by Gasteiger charge is 2.07. The molecule has 0 radical (unpaired) electrons. The van der Waals surface area contributed by atoms with Crippen LogP contribution in [0.2, 0.25) is 5.02 Å². The first-order valence-electron chi connectivity index (χ1n) is 8.62. The fraction of sp³-hybridized carbons (Fsp3) is 0.263. The van der Waals surface area contributed by atoms with E-state index in [0.29, 0.717) is 17.9 Å². The molecule has 1 heterocycles. The van der Waals surface area contributed by atoms with E-state index >= 15 is 0 Å². The number of hydrogen-bond acceptors (Lipinski definition) is 4. The van der Waals surface area contributed by atoms with Crippen LogP contribution in [0.25, 0.3) is 0 Å². The molecule has 0 aliphatic heterocycles. The predicted molar refractivity (Wildman–Crippen MR) is 114 cm³/mol. The smallest absolute Gasteiger partial charge is 0.214 e. The van der Waals surface area contributed by atoms with E-state index in [9.17, 15) is 0 Å². The second-order valence-electron chi connectivity index (χ2n) is 6.05. The molecular weight excluding hydrogens is 448 g/mol. The van der Waals surface area contributed by atoms with Crippen molar-refractivity contribution >= 4 is 39.7 Å². The van der Waals surface area contributed by atoms with Crippen molar-refractivity contribution in [2.45, 2.75) is 32.9 Å². The van der Waals surface area contributed by atoms with Crippen LogP contribution in [0.3, 0.4) is 0 Å². The molecule has 0 saturated heterocycles. The number of aromatic amines is 1. The molecule has 0 aliphatic rings. The van der Waals surface area contributed by atoms with Crippen molar-refractivity contribution in [1.29, 1.82) is 0 Å². The summed E-state index contributed by atoms with van der Waals surface area (Å²) in [6, 6.07) is 13.6. The van der Waals surface area contributed by atoms with Gasteiger partial charge >= 0.3 is 0 Å².